The van der Waals surface area contributed by atoms with Gasteiger partial charge in [-0.2, -0.15) is 0 Å². The van der Waals surface area contributed by atoms with Crippen molar-refractivity contribution in [2.75, 3.05) is 25.0 Å². The number of benzene rings is 1. The molecule has 1 aliphatic heterocycles. The second-order valence-corrected chi connectivity index (χ2v) is 6.02. The van der Waals surface area contributed by atoms with Gasteiger partial charge in [-0.1, -0.05) is 18.2 Å². The number of hydrogen-bond donors (Lipinski definition) is 3. The predicted molar refractivity (Wildman–Crippen MR) is 96.5 cm³/mol. The van der Waals surface area contributed by atoms with Crippen molar-refractivity contribution in [1.29, 1.82) is 0 Å². The summed E-state index contributed by atoms with van der Waals surface area (Å²) in [4.78, 5) is 26.2. The van der Waals surface area contributed by atoms with Crippen molar-refractivity contribution in [3.63, 3.8) is 0 Å². The van der Waals surface area contributed by atoms with Crippen LogP contribution in [0.4, 0.5) is 5.69 Å². The van der Waals surface area contributed by atoms with Crippen molar-refractivity contribution in [3.05, 3.63) is 29.3 Å². The van der Waals surface area contributed by atoms with E-state index in [1.54, 1.807) is 0 Å². The van der Waals surface area contributed by atoms with Gasteiger partial charge in [0.25, 0.3) is 0 Å². The number of rotatable bonds is 5. The lowest BCUT2D eigenvalue weighted by Gasteiger charge is -2.24. The standard InChI is InChI=1S/C17H25N3O3.ClH/c1-4-20(17(23)14-8-13(21)9-18-14)10-15(22)19-16-11(2)6-5-7-12(16)3;/h5-7,13-14,18,21H,4,8-10H2,1-3H3,(H,19,22);1H. The molecule has 24 heavy (non-hydrogen) atoms. The summed E-state index contributed by atoms with van der Waals surface area (Å²) in [5, 5.41) is 15.4. The summed E-state index contributed by atoms with van der Waals surface area (Å²) in [5.74, 6) is -0.350. The molecule has 2 amide bonds. The van der Waals surface area contributed by atoms with Crippen LogP contribution >= 0.6 is 12.4 Å². The number of aryl methyl sites for hydroxylation is 2. The molecule has 1 heterocycles. The lowest BCUT2D eigenvalue weighted by molar-refractivity contribution is -0.136. The van der Waals surface area contributed by atoms with E-state index in [0.717, 1.165) is 16.8 Å². The summed E-state index contributed by atoms with van der Waals surface area (Å²) in [6.07, 6.45) is -0.0977. The van der Waals surface area contributed by atoms with Gasteiger partial charge in [0.15, 0.2) is 0 Å². The summed E-state index contributed by atoms with van der Waals surface area (Å²) in [6.45, 7) is 6.60. The van der Waals surface area contributed by atoms with E-state index in [-0.39, 0.29) is 30.8 Å². The first-order valence-corrected chi connectivity index (χ1v) is 7.98. The van der Waals surface area contributed by atoms with Crippen LogP contribution in [0.15, 0.2) is 18.2 Å². The van der Waals surface area contributed by atoms with Gasteiger partial charge in [0, 0.05) is 18.8 Å². The average Bonchev–Trinajstić information content (AvgIpc) is 2.94. The molecule has 0 radical (unpaired) electrons. The van der Waals surface area contributed by atoms with Crippen LogP contribution in [0, 0.1) is 13.8 Å². The molecule has 2 unspecified atom stereocenters. The highest BCUT2D eigenvalue weighted by molar-refractivity contribution is 5.96. The molecule has 2 atom stereocenters. The number of nitrogens with one attached hydrogen (secondary N) is 2. The summed E-state index contributed by atoms with van der Waals surface area (Å²) in [7, 11) is 0. The zero-order valence-electron chi connectivity index (χ0n) is 14.3. The van der Waals surface area contributed by atoms with Crippen molar-refractivity contribution < 1.29 is 14.7 Å². The van der Waals surface area contributed by atoms with Gasteiger partial charge in [-0.05, 0) is 38.3 Å². The number of likely N-dealkylation sites (N-methyl/N-ethyl adjacent to an activating group) is 1. The Hall–Kier alpha value is -1.63. The van der Waals surface area contributed by atoms with Crippen LogP contribution in [0.25, 0.3) is 0 Å². The molecule has 0 aromatic heterocycles. The van der Waals surface area contributed by atoms with Gasteiger partial charge in [0.1, 0.15) is 0 Å². The number of para-hydroxylation sites is 1. The average molecular weight is 356 g/mol. The molecule has 2 rings (SSSR count). The fraction of sp³-hybridized carbons (Fsp3) is 0.529. The molecule has 1 saturated heterocycles. The highest BCUT2D eigenvalue weighted by Crippen LogP contribution is 2.19. The molecule has 0 aliphatic carbocycles. The molecule has 0 spiro atoms. The van der Waals surface area contributed by atoms with Crippen LogP contribution < -0.4 is 10.6 Å². The first kappa shape index (κ1) is 20.4. The number of anilines is 1. The number of β-amino-alcohol motifs (C(OH)–C–C–N with tert-alkyl or cyclic N) is 1. The Morgan fingerprint density at radius 3 is 2.46 bits per heavy atom. The van der Waals surface area contributed by atoms with Gasteiger partial charge >= 0.3 is 0 Å². The number of halogens is 1. The van der Waals surface area contributed by atoms with Gasteiger partial charge in [-0.25, -0.2) is 0 Å². The monoisotopic (exact) mass is 355 g/mol. The molecular formula is C17H26ClN3O3. The maximum absolute atomic E-state index is 12.4. The minimum Gasteiger partial charge on any atom is -0.392 e. The van der Waals surface area contributed by atoms with E-state index in [0.29, 0.717) is 19.5 Å². The van der Waals surface area contributed by atoms with E-state index in [2.05, 4.69) is 10.6 Å². The Labute approximate surface area is 149 Å². The van der Waals surface area contributed by atoms with E-state index >= 15 is 0 Å². The van der Waals surface area contributed by atoms with Crippen LogP contribution in [0.3, 0.4) is 0 Å². The van der Waals surface area contributed by atoms with Crippen molar-refractivity contribution in [2.24, 2.45) is 0 Å². The Balaban J connectivity index is 0.00000288. The first-order chi connectivity index (χ1) is 10.9. The summed E-state index contributed by atoms with van der Waals surface area (Å²) >= 11 is 0. The number of carbonyl (C=O) groups excluding carboxylic acids is 2. The zero-order valence-corrected chi connectivity index (χ0v) is 15.2. The van der Waals surface area contributed by atoms with Crippen LogP contribution in [-0.2, 0) is 9.59 Å². The van der Waals surface area contributed by atoms with E-state index in [1.807, 2.05) is 39.0 Å². The molecule has 1 aromatic rings. The molecule has 134 valence electrons. The minimum atomic E-state index is -0.494. The van der Waals surface area contributed by atoms with Gasteiger partial charge in [0.2, 0.25) is 11.8 Å². The largest absolute Gasteiger partial charge is 0.392 e. The second kappa shape index (κ2) is 9.01. The lowest BCUT2D eigenvalue weighted by Crippen LogP contribution is -2.46. The highest BCUT2D eigenvalue weighted by Gasteiger charge is 2.31. The fourth-order valence-corrected chi connectivity index (χ4v) is 2.84. The van der Waals surface area contributed by atoms with E-state index in [1.165, 1.54) is 4.90 Å². The number of aliphatic hydroxyl groups excluding tert-OH is 1. The van der Waals surface area contributed by atoms with Crippen molar-refractivity contribution in [3.8, 4) is 0 Å². The second-order valence-electron chi connectivity index (χ2n) is 6.02. The number of amides is 2. The summed E-state index contributed by atoms with van der Waals surface area (Å²) < 4.78 is 0. The van der Waals surface area contributed by atoms with Gasteiger partial charge in [-0.15, -0.1) is 12.4 Å². The van der Waals surface area contributed by atoms with Crippen molar-refractivity contribution >= 4 is 29.9 Å². The Morgan fingerprint density at radius 1 is 1.33 bits per heavy atom. The first-order valence-electron chi connectivity index (χ1n) is 7.98. The Kier molecular flexibility index (Phi) is 7.66. The third-order valence-electron chi connectivity index (χ3n) is 4.18. The minimum absolute atomic E-state index is 0. The summed E-state index contributed by atoms with van der Waals surface area (Å²) in [5.41, 5.74) is 2.79. The quantitative estimate of drug-likeness (QED) is 0.742. The van der Waals surface area contributed by atoms with Crippen LogP contribution in [-0.4, -0.2) is 53.6 Å². The number of carbonyl (C=O) groups is 2. The van der Waals surface area contributed by atoms with E-state index < -0.39 is 12.1 Å². The zero-order chi connectivity index (χ0) is 17.0. The lowest BCUT2D eigenvalue weighted by atomic mass is 10.1. The van der Waals surface area contributed by atoms with Crippen molar-refractivity contribution in [1.82, 2.24) is 10.2 Å². The highest BCUT2D eigenvalue weighted by atomic mass is 35.5. The fourth-order valence-electron chi connectivity index (χ4n) is 2.84. The van der Waals surface area contributed by atoms with Gasteiger partial charge in [0.05, 0.1) is 18.7 Å². The predicted octanol–water partition coefficient (Wildman–Crippen LogP) is 1.24. The molecule has 1 fully saturated rings. The number of hydrogen-bond acceptors (Lipinski definition) is 4. The molecule has 1 aliphatic rings. The van der Waals surface area contributed by atoms with Gasteiger partial charge in [-0.3, -0.25) is 9.59 Å². The third-order valence-corrected chi connectivity index (χ3v) is 4.18. The molecule has 0 bridgehead atoms. The smallest absolute Gasteiger partial charge is 0.244 e. The van der Waals surface area contributed by atoms with Crippen molar-refractivity contribution in [2.45, 2.75) is 39.3 Å². The van der Waals surface area contributed by atoms with Crippen LogP contribution in [0.5, 0.6) is 0 Å². The Bertz CT molecular complexity index is 574. The van der Waals surface area contributed by atoms with Gasteiger partial charge < -0.3 is 20.6 Å². The van der Waals surface area contributed by atoms with Crippen LogP contribution in [0.1, 0.15) is 24.5 Å². The number of nitrogens with zero attached hydrogens (tertiary/aromatic N) is 1. The number of aliphatic hydroxyl groups is 1. The molecule has 7 heteroatoms. The maximum atomic E-state index is 12.4. The van der Waals surface area contributed by atoms with E-state index in [9.17, 15) is 14.7 Å². The normalized spacial score (nSPS) is 19.5. The molecular weight excluding hydrogens is 330 g/mol. The third kappa shape index (κ3) is 4.93. The maximum Gasteiger partial charge on any atom is 0.244 e. The SMILES string of the molecule is CCN(CC(=O)Nc1c(C)cccc1C)C(=O)C1CC(O)CN1.Cl. The Morgan fingerprint density at radius 2 is 1.96 bits per heavy atom. The van der Waals surface area contributed by atoms with E-state index in [4.69, 9.17) is 0 Å². The summed E-state index contributed by atoms with van der Waals surface area (Å²) in [6, 6.07) is 5.42. The molecule has 6 nitrogen and oxygen atoms in total. The molecule has 0 saturated carbocycles. The van der Waals surface area contributed by atoms with Crippen LogP contribution in [0.2, 0.25) is 0 Å². The molecule has 1 aromatic carbocycles. The topological polar surface area (TPSA) is 81.7 Å². The molecule has 3 N–H and O–H groups in total.